The van der Waals surface area contributed by atoms with Crippen molar-refractivity contribution in [2.75, 3.05) is 26.4 Å². The number of amides is 1. The lowest BCUT2D eigenvalue weighted by Gasteiger charge is -2.26. The number of carbonyl (C=O) groups excluding carboxylic acids is 1. The van der Waals surface area contributed by atoms with Crippen molar-refractivity contribution in [3.8, 4) is 0 Å². The number of ether oxygens (including phenoxy) is 1. The molecular formula is C16H26N4O2S. The molecule has 1 aliphatic heterocycles. The number of thioether (sulfide) groups is 1. The van der Waals surface area contributed by atoms with Gasteiger partial charge >= 0.3 is 6.09 Å². The zero-order chi connectivity index (χ0) is 17.0. The van der Waals surface area contributed by atoms with E-state index in [1.165, 1.54) is 0 Å². The average Bonchev–Trinajstić information content (AvgIpc) is 2.96. The first-order valence-electron chi connectivity index (χ1n) is 7.82. The second-order valence-corrected chi connectivity index (χ2v) is 7.59. The molecule has 1 aliphatic rings. The van der Waals surface area contributed by atoms with Crippen LogP contribution in [0.3, 0.4) is 0 Å². The van der Waals surface area contributed by atoms with E-state index in [-0.39, 0.29) is 6.09 Å². The number of likely N-dealkylation sites (N-methyl/N-ethyl adjacent to an activating group) is 1. The van der Waals surface area contributed by atoms with Gasteiger partial charge in [-0.1, -0.05) is 0 Å². The summed E-state index contributed by atoms with van der Waals surface area (Å²) in [5.41, 5.74) is 0.534. The Morgan fingerprint density at radius 3 is 2.78 bits per heavy atom. The van der Waals surface area contributed by atoms with Gasteiger partial charge in [0.2, 0.25) is 0 Å². The number of likely N-dealkylation sites (tertiary alicyclic amines) is 1. The number of carbonyl (C=O) groups is 1. The first kappa shape index (κ1) is 18.0. The summed E-state index contributed by atoms with van der Waals surface area (Å²) in [6, 6.07) is 0.319. The summed E-state index contributed by atoms with van der Waals surface area (Å²) in [7, 11) is 2.07. The quantitative estimate of drug-likeness (QED) is 0.787. The molecule has 2 heterocycles. The van der Waals surface area contributed by atoms with Crippen LogP contribution in [0.15, 0.2) is 17.4 Å². The fraction of sp³-hybridized carbons (Fsp3) is 0.688. The van der Waals surface area contributed by atoms with Gasteiger partial charge in [-0.05, 0) is 40.5 Å². The summed E-state index contributed by atoms with van der Waals surface area (Å²) >= 11 is 1.61. The highest BCUT2D eigenvalue weighted by Gasteiger charge is 2.31. The van der Waals surface area contributed by atoms with Gasteiger partial charge in [-0.25, -0.2) is 9.78 Å². The van der Waals surface area contributed by atoms with Crippen LogP contribution >= 0.6 is 11.8 Å². The number of rotatable bonds is 4. The van der Waals surface area contributed by atoms with Crippen molar-refractivity contribution in [1.29, 1.82) is 0 Å². The van der Waals surface area contributed by atoms with Gasteiger partial charge in [0.15, 0.2) is 0 Å². The molecule has 0 aromatic carbocycles. The van der Waals surface area contributed by atoms with Crippen molar-refractivity contribution in [3.05, 3.63) is 18.1 Å². The molecule has 128 valence electrons. The highest BCUT2D eigenvalue weighted by molar-refractivity contribution is 7.98. The Bertz CT molecular complexity index is 547. The van der Waals surface area contributed by atoms with Crippen molar-refractivity contribution in [3.63, 3.8) is 0 Å². The maximum atomic E-state index is 12.1. The van der Waals surface area contributed by atoms with Crippen LogP contribution in [0.2, 0.25) is 0 Å². The highest BCUT2D eigenvalue weighted by Crippen LogP contribution is 2.21. The molecule has 6 nitrogen and oxygen atoms in total. The van der Waals surface area contributed by atoms with E-state index in [1.54, 1.807) is 29.1 Å². The summed E-state index contributed by atoms with van der Waals surface area (Å²) in [4.78, 5) is 25.0. The minimum Gasteiger partial charge on any atom is -0.444 e. The summed E-state index contributed by atoms with van der Waals surface area (Å²) in [5.74, 6) is 0. The molecule has 0 saturated carbocycles. The summed E-state index contributed by atoms with van der Waals surface area (Å²) in [6.07, 6.45) is 6.18. The molecule has 0 radical (unpaired) electrons. The molecule has 0 bridgehead atoms. The normalized spacial score (nSPS) is 18.5. The Kier molecular flexibility index (Phi) is 5.86. The molecular weight excluding hydrogens is 312 g/mol. The van der Waals surface area contributed by atoms with E-state index < -0.39 is 5.60 Å². The minimum absolute atomic E-state index is 0.224. The number of nitrogens with zero attached hydrogens (tertiary/aromatic N) is 4. The molecule has 1 fully saturated rings. The predicted octanol–water partition coefficient (Wildman–Crippen LogP) is 2.64. The van der Waals surface area contributed by atoms with Crippen LogP contribution in [0.1, 0.15) is 32.9 Å². The Morgan fingerprint density at radius 2 is 2.13 bits per heavy atom. The number of hydrogen-bond donors (Lipinski definition) is 0. The van der Waals surface area contributed by atoms with Crippen molar-refractivity contribution in [1.82, 2.24) is 19.8 Å². The lowest BCUT2D eigenvalue weighted by Crippen LogP contribution is -2.39. The molecule has 0 aliphatic carbocycles. The SMILES string of the molecule is CSc1nccnc1CN(C)C1CCN(C(=O)OC(C)(C)C)C1. The highest BCUT2D eigenvalue weighted by atomic mass is 32.2. The van der Waals surface area contributed by atoms with E-state index in [4.69, 9.17) is 4.74 Å². The third kappa shape index (κ3) is 5.07. The molecule has 1 amide bonds. The van der Waals surface area contributed by atoms with Crippen molar-refractivity contribution < 1.29 is 9.53 Å². The van der Waals surface area contributed by atoms with Gasteiger partial charge in [0.05, 0.1) is 5.69 Å². The van der Waals surface area contributed by atoms with Crippen molar-refractivity contribution in [2.45, 2.75) is 50.4 Å². The van der Waals surface area contributed by atoms with Gasteiger partial charge in [0, 0.05) is 38.1 Å². The van der Waals surface area contributed by atoms with Gasteiger partial charge < -0.3 is 9.64 Å². The molecule has 1 atom stereocenters. The van der Waals surface area contributed by atoms with Crippen LogP contribution in [0, 0.1) is 0 Å². The molecule has 1 unspecified atom stereocenters. The standard InChI is InChI=1S/C16H26N4O2S/c1-16(2,3)22-15(21)20-9-6-12(10-20)19(4)11-13-14(23-5)18-8-7-17-13/h7-8,12H,6,9-11H2,1-5H3. The molecule has 23 heavy (non-hydrogen) atoms. The average molecular weight is 338 g/mol. The molecule has 7 heteroatoms. The third-order valence-electron chi connectivity index (χ3n) is 3.77. The summed E-state index contributed by atoms with van der Waals surface area (Å²) in [5, 5.41) is 0.960. The van der Waals surface area contributed by atoms with E-state index in [1.807, 2.05) is 27.0 Å². The molecule has 1 saturated heterocycles. The molecule has 1 aromatic heterocycles. The van der Waals surface area contributed by atoms with E-state index >= 15 is 0 Å². The second kappa shape index (κ2) is 7.49. The number of aromatic nitrogens is 2. The monoisotopic (exact) mass is 338 g/mol. The largest absolute Gasteiger partial charge is 0.444 e. The van der Waals surface area contributed by atoms with Gasteiger partial charge in [0.25, 0.3) is 0 Å². The minimum atomic E-state index is -0.450. The van der Waals surface area contributed by atoms with E-state index in [2.05, 4.69) is 21.9 Å². The Morgan fingerprint density at radius 1 is 1.43 bits per heavy atom. The van der Waals surface area contributed by atoms with Gasteiger partial charge in [0.1, 0.15) is 10.6 Å². The van der Waals surface area contributed by atoms with E-state index in [9.17, 15) is 4.79 Å². The van der Waals surface area contributed by atoms with Gasteiger partial charge in [-0.2, -0.15) is 0 Å². The first-order valence-corrected chi connectivity index (χ1v) is 9.04. The van der Waals surface area contributed by atoms with Crippen LogP contribution in [0.5, 0.6) is 0 Å². The van der Waals surface area contributed by atoms with E-state index in [0.717, 1.165) is 30.2 Å². The lowest BCUT2D eigenvalue weighted by molar-refractivity contribution is 0.0282. The Balaban J connectivity index is 1.92. The van der Waals surface area contributed by atoms with Crippen LogP contribution in [-0.4, -0.2) is 63.9 Å². The first-order chi connectivity index (χ1) is 10.8. The van der Waals surface area contributed by atoms with Crippen LogP contribution in [-0.2, 0) is 11.3 Å². The van der Waals surface area contributed by atoms with Gasteiger partial charge in [-0.3, -0.25) is 9.88 Å². The lowest BCUT2D eigenvalue weighted by atomic mass is 10.2. The third-order valence-corrected chi connectivity index (χ3v) is 4.49. The maximum Gasteiger partial charge on any atom is 0.410 e. The fourth-order valence-electron chi connectivity index (χ4n) is 2.59. The number of hydrogen-bond acceptors (Lipinski definition) is 6. The molecule has 0 spiro atoms. The maximum absolute atomic E-state index is 12.1. The van der Waals surface area contributed by atoms with Crippen molar-refractivity contribution >= 4 is 17.9 Å². The predicted molar refractivity (Wildman–Crippen MR) is 91.5 cm³/mol. The van der Waals surface area contributed by atoms with Crippen molar-refractivity contribution in [2.24, 2.45) is 0 Å². The smallest absolute Gasteiger partial charge is 0.410 e. The van der Waals surface area contributed by atoms with E-state index in [0.29, 0.717) is 12.6 Å². The molecule has 1 aromatic rings. The summed E-state index contributed by atoms with van der Waals surface area (Å²) in [6.45, 7) is 7.84. The Hall–Kier alpha value is -1.34. The summed E-state index contributed by atoms with van der Waals surface area (Å²) < 4.78 is 5.45. The zero-order valence-corrected chi connectivity index (χ0v) is 15.4. The van der Waals surface area contributed by atoms with Crippen LogP contribution < -0.4 is 0 Å². The molecule has 0 N–H and O–H groups in total. The van der Waals surface area contributed by atoms with Crippen LogP contribution in [0.25, 0.3) is 0 Å². The van der Waals surface area contributed by atoms with Gasteiger partial charge in [-0.15, -0.1) is 11.8 Å². The van der Waals surface area contributed by atoms with Crippen LogP contribution in [0.4, 0.5) is 4.79 Å². The second-order valence-electron chi connectivity index (χ2n) is 6.80. The molecule has 2 rings (SSSR count). The Labute approximate surface area is 142 Å². The topological polar surface area (TPSA) is 58.6 Å². The zero-order valence-electron chi connectivity index (χ0n) is 14.6. The fourth-order valence-corrected chi connectivity index (χ4v) is 3.11.